The summed E-state index contributed by atoms with van der Waals surface area (Å²) in [5, 5.41) is 17.0. The number of methoxy groups -OCH3 is 1. The average molecular weight is 690 g/mol. The first kappa shape index (κ1) is 35.3. The smallest absolute Gasteiger partial charge is 0.279 e. The fourth-order valence-electron chi connectivity index (χ4n) is 7.75. The Kier molecular flexibility index (Phi) is 11.0. The number of hydrogen-bond acceptors (Lipinski definition) is 6. The highest BCUT2D eigenvalue weighted by Gasteiger charge is 2.51. The molecule has 0 spiro atoms. The molecule has 5 aromatic rings. The minimum Gasteiger partial charge on any atom is -0.497 e. The number of aromatic nitrogens is 2. The monoisotopic (exact) mass is 689 g/mol. The van der Waals surface area contributed by atoms with E-state index in [2.05, 4.69) is 49.4 Å². The van der Waals surface area contributed by atoms with Gasteiger partial charge in [-0.15, -0.1) is 0 Å². The van der Waals surface area contributed by atoms with Crippen molar-refractivity contribution < 1.29 is 19.4 Å². The summed E-state index contributed by atoms with van der Waals surface area (Å²) in [5.74, 6) is 1.06. The molecule has 1 fully saturated rings. The molecule has 0 aliphatic carbocycles. The maximum atomic E-state index is 13.9. The van der Waals surface area contributed by atoms with Crippen molar-refractivity contribution in [3.8, 4) is 11.4 Å². The molecular weight excluding hydrogens is 643 g/mol. The van der Waals surface area contributed by atoms with Crippen molar-refractivity contribution in [3.05, 3.63) is 131 Å². The molecule has 1 amide bonds. The van der Waals surface area contributed by atoms with Crippen LogP contribution in [0, 0.1) is 5.92 Å². The molecule has 4 aromatic carbocycles. The van der Waals surface area contributed by atoms with Crippen LogP contribution in [-0.2, 0) is 22.5 Å². The highest BCUT2D eigenvalue weighted by molar-refractivity contribution is 6.91. The third-order valence-electron chi connectivity index (χ3n) is 10.5. The Morgan fingerprint density at radius 3 is 2.32 bits per heavy atom. The summed E-state index contributed by atoms with van der Waals surface area (Å²) in [6.07, 6.45) is 3.35. The second kappa shape index (κ2) is 15.5. The molecule has 1 aliphatic heterocycles. The van der Waals surface area contributed by atoms with E-state index in [4.69, 9.17) is 9.47 Å². The van der Waals surface area contributed by atoms with Gasteiger partial charge in [0.25, 0.3) is 5.56 Å². The number of ether oxygens (including phenoxy) is 2. The Bertz CT molecular complexity index is 1950. The summed E-state index contributed by atoms with van der Waals surface area (Å²) in [4.78, 5) is 28.8. The lowest BCUT2D eigenvalue weighted by Gasteiger charge is -2.36. The fraction of sp³-hybridized carbons (Fsp3) is 0.341. The normalized spacial score (nSPS) is 19.1. The van der Waals surface area contributed by atoms with Crippen LogP contribution in [0.1, 0.15) is 30.9 Å². The third kappa shape index (κ3) is 7.60. The number of rotatable bonds is 13. The predicted molar refractivity (Wildman–Crippen MR) is 201 cm³/mol. The lowest BCUT2D eigenvalue weighted by atomic mass is 9.95. The summed E-state index contributed by atoms with van der Waals surface area (Å²) in [5.41, 5.74) is 2.97. The number of aryl methyl sites for hydroxylation is 1. The van der Waals surface area contributed by atoms with Gasteiger partial charge in [-0.05, 0) is 65.8 Å². The SMILES string of the molecule is COc1ccc([Si](C)(C)[C@H]2[C@H](C)[C@H](CCc3ccc(-n4ncc5ccccc5c4=O)cc3)O[C@@H]2CC(=O)N(CCO)Cc2ccccc2)cc1. The number of carbonyl (C=O) groups excluding carboxylic acids is 1. The minimum atomic E-state index is -2.16. The van der Waals surface area contributed by atoms with Crippen LogP contribution in [-0.4, -0.2) is 66.2 Å². The summed E-state index contributed by atoms with van der Waals surface area (Å²) >= 11 is 0. The molecule has 9 heteroatoms. The molecule has 1 saturated heterocycles. The van der Waals surface area contributed by atoms with Crippen LogP contribution in [0.15, 0.2) is 114 Å². The first-order chi connectivity index (χ1) is 24.2. The Labute approximate surface area is 295 Å². The molecule has 8 nitrogen and oxygen atoms in total. The number of aliphatic hydroxyl groups excluding tert-OH is 1. The summed E-state index contributed by atoms with van der Waals surface area (Å²) in [7, 11) is -0.484. The second-order valence-corrected chi connectivity index (χ2v) is 18.6. The van der Waals surface area contributed by atoms with E-state index in [-0.39, 0.29) is 54.7 Å². The molecule has 260 valence electrons. The maximum Gasteiger partial charge on any atom is 0.279 e. The number of aliphatic hydroxyl groups is 1. The largest absolute Gasteiger partial charge is 0.497 e. The van der Waals surface area contributed by atoms with Crippen LogP contribution in [0.25, 0.3) is 16.5 Å². The van der Waals surface area contributed by atoms with Gasteiger partial charge in [0.05, 0.1) is 57.7 Å². The van der Waals surface area contributed by atoms with E-state index in [1.54, 1.807) is 18.2 Å². The number of hydrogen-bond donors (Lipinski definition) is 1. The van der Waals surface area contributed by atoms with Gasteiger partial charge in [-0.3, -0.25) is 9.59 Å². The van der Waals surface area contributed by atoms with Crippen molar-refractivity contribution in [2.45, 2.75) is 63.6 Å². The lowest BCUT2D eigenvalue weighted by Crippen LogP contribution is -2.51. The molecule has 1 aromatic heterocycles. The van der Waals surface area contributed by atoms with Crippen LogP contribution in [0.5, 0.6) is 5.75 Å². The number of nitrogens with zero attached hydrogens (tertiary/aromatic N) is 3. The minimum absolute atomic E-state index is 0.00147. The van der Waals surface area contributed by atoms with Gasteiger partial charge >= 0.3 is 0 Å². The zero-order valence-corrected chi connectivity index (χ0v) is 30.4. The zero-order chi connectivity index (χ0) is 35.3. The van der Waals surface area contributed by atoms with Crippen molar-refractivity contribution in [1.29, 1.82) is 0 Å². The van der Waals surface area contributed by atoms with E-state index in [1.165, 1.54) is 9.87 Å². The lowest BCUT2D eigenvalue weighted by molar-refractivity contribution is -0.135. The van der Waals surface area contributed by atoms with Crippen LogP contribution < -0.4 is 15.5 Å². The first-order valence-corrected chi connectivity index (χ1v) is 20.6. The molecule has 1 aliphatic rings. The van der Waals surface area contributed by atoms with E-state index >= 15 is 0 Å². The number of amides is 1. The summed E-state index contributed by atoms with van der Waals surface area (Å²) in [6.45, 7) is 7.69. The van der Waals surface area contributed by atoms with Crippen LogP contribution in [0.3, 0.4) is 0 Å². The van der Waals surface area contributed by atoms with Gasteiger partial charge in [0, 0.05) is 18.5 Å². The topological polar surface area (TPSA) is 93.9 Å². The highest BCUT2D eigenvalue weighted by atomic mass is 28.3. The van der Waals surface area contributed by atoms with Gasteiger partial charge in [0.15, 0.2) is 0 Å². The highest BCUT2D eigenvalue weighted by Crippen LogP contribution is 2.46. The molecule has 2 heterocycles. The molecule has 50 heavy (non-hydrogen) atoms. The predicted octanol–water partition coefficient (Wildman–Crippen LogP) is 6.13. The van der Waals surface area contributed by atoms with Gasteiger partial charge in [-0.1, -0.05) is 98.0 Å². The van der Waals surface area contributed by atoms with Gasteiger partial charge in [0.1, 0.15) is 5.75 Å². The van der Waals surface area contributed by atoms with Crippen molar-refractivity contribution in [2.24, 2.45) is 5.92 Å². The number of benzene rings is 4. The zero-order valence-electron chi connectivity index (χ0n) is 29.4. The van der Waals surface area contributed by atoms with Gasteiger partial charge in [-0.2, -0.15) is 9.78 Å². The van der Waals surface area contributed by atoms with Crippen molar-refractivity contribution in [3.63, 3.8) is 0 Å². The van der Waals surface area contributed by atoms with E-state index in [0.29, 0.717) is 11.9 Å². The van der Waals surface area contributed by atoms with Crippen LogP contribution in [0.4, 0.5) is 0 Å². The van der Waals surface area contributed by atoms with E-state index < -0.39 is 8.07 Å². The van der Waals surface area contributed by atoms with E-state index in [1.807, 2.05) is 78.9 Å². The van der Waals surface area contributed by atoms with Crippen LogP contribution >= 0.6 is 0 Å². The molecule has 1 N–H and O–H groups in total. The van der Waals surface area contributed by atoms with Crippen molar-refractivity contribution in [2.75, 3.05) is 20.3 Å². The Balaban J connectivity index is 1.21. The second-order valence-electron chi connectivity index (χ2n) is 13.9. The Morgan fingerprint density at radius 1 is 0.920 bits per heavy atom. The molecule has 4 atom stereocenters. The Morgan fingerprint density at radius 2 is 1.62 bits per heavy atom. The van der Waals surface area contributed by atoms with Gasteiger partial charge in [-0.25, -0.2) is 0 Å². The summed E-state index contributed by atoms with van der Waals surface area (Å²) < 4.78 is 13.8. The van der Waals surface area contributed by atoms with Crippen molar-refractivity contribution in [1.82, 2.24) is 14.7 Å². The van der Waals surface area contributed by atoms with Crippen molar-refractivity contribution >= 4 is 29.9 Å². The fourth-order valence-corrected chi connectivity index (χ4v) is 11.8. The van der Waals surface area contributed by atoms with E-state index in [0.717, 1.165) is 40.8 Å². The quantitative estimate of drug-likeness (QED) is 0.150. The molecule has 0 unspecified atom stereocenters. The average Bonchev–Trinajstić information content (AvgIpc) is 3.46. The molecule has 0 radical (unpaired) electrons. The standard InChI is InChI=1S/C41H47N3O5Si/c1-29-37(23-16-30-14-17-33(18-15-30)44-41(47)36-13-9-8-12-32(36)27-42-44)49-38(40(29)50(3,4)35-21-19-34(48-2)20-22-35)26-39(46)43(24-25-45)28-31-10-6-5-7-11-31/h5-15,17-22,27,29,37-38,40,45H,16,23-26,28H2,1-4H3/t29-,37+,38-,40+/m1/s1. The molecule has 0 saturated carbocycles. The molecule has 6 rings (SSSR count). The summed E-state index contributed by atoms with van der Waals surface area (Å²) in [6, 6.07) is 33.8. The maximum absolute atomic E-state index is 13.9. The van der Waals surface area contributed by atoms with Crippen LogP contribution in [0.2, 0.25) is 18.6 Å². The number of fused-ring (bicyclic) bond motifs is 1. The Hall–Kier alpha value is -4.57. The van der Waals surface area contributed by atoms with E-state index in [9.17, 15) is 14.7 Å². The first-order valence-electron chi connectivity index (χ1n) is 17.5. The third-order valence-corrected chi connectivity index (χ3v) is 14.9. The molecule has 0 bridgehead atoms. The number of carbonyl (C=O) groups is 1. The van der Waals surface area contributed by atoms with Gasteiger partial charge in [0.2, 0.25) is 5.91 Å². The van der Waals surface area contributed by atoms with Gasteiger partial charge < -0.3 is 19.5 Å². The molecular formula is C41H47N3O5Si.